The van der Waals surface area contributed by atoms with E-state index in [2.05, 4.69) is 22.5 Å². The number of hydrogen-bond donors (Lipinski definition) is 1. The van der Waals surface area contributed by atoms with Crippen molar-refractivity contribution in [2.24, 2.45) is 5.92 Å². The topological polar surface area (TPSA) is 25.2 Å². The second kappa shape index (κ2) is 4.80. The van der Waals surface area contributed by atoms with Crippen molar-refractivity contribution in [3.8, 4) is 0 Å². The molecule has 1 aromatic heterocycles. The number of halogens is 1. The molecule has 0 fully saturated rings. The van der Waals surface area contributed by atoms with E-state index in [0.717, 1.165) is 16.6 Å². The molecule has 1 heterocycles. The molecule has 0 spiro atoms. The molecule has 0 saturated carbocycles. The Hall–Kier alpha value is -0.540. The van der Waals surface area contributed by atoms with Gasteiger partial charge in [0.2, 0.25) is 0 Å². The number of aliphatic hydroxyl groups is 1. The van der Waals surface area contributed by atoms with Gasteiger partial charge in [-0.2, -0.15) is 0 Å². The molecule has 1 unspecified atom stereocenters. The van der Waals surface area contributed by atoms with Crippen molar-refractivity contribution in [1.29, 1.82) is 0 Å². The Bertz CT molecular complexity index is 317. The smallest absolute Gasteiger partial charge is 0.0827 e. The molecule has 1 N–H and O–H groups in total. The van der Waals surface area contributed by atoms with Gasteiger partial charge in [-0.3, -0.25) is 0 Å². The predicted octanol–water partition coefficient (Wildman–Crippen LogP) is 3.09. The van der Waals surface area contributed by atoms with Gasteiger partial charge < -0.3 is 9.67 Å². The Morgan fingerprint density at radius 2 is 2.29 bits per heavy atom. The number of allylic oxidation sites excluding steroid dienone is 1. The largest absolute Gasteiger partial charge is 0.388 e. The standard InChI is InChI=1S/C11H16BrNO/c1-8(2)11(14)10-4-5-13(7-10)6-9(3)12/h4-5,7-8,11,14H,3,6H2,1-2H3. The highest BCUT2D eigenvalue weighted by Crippen LogP contribution is 2.21. The number of aliphatic hydroxyl groups excluding tert-OH is 1. The fourth-order valence-corrected chi connectivity index (χ4v) is 1.61. The lowest BCUT2D eigenvalue weighted by Gasteiger charge is -2.12. The lowest BCUT2D eigenvalue weighted by atomic mass is 10.0. The molecule has 0 aliphatic carbocycles. The first-order chi connectivity index (χ1) is 6.50. The summed E-state index contributed by atoms with van der Waals surface area (Å²) < 4.78 is 2.93. The van der Waals surface area contributed by atoms with E-state index in [1.807, 2.05) is 36.9 Å². The fraction of sp³-hybridized carbons (Fsp3) is 0.455. The third-order valence-electron chi connectivity index (χ3n) is 2.10. The van der Waals surface area contributed by atoms with Gasteiger partial charge in [0.1, 0.15) is 0 Å². The summed E-state index contributed by atoms with van der Waals surface area (Å²) in [5.74, 6) is 0.248. The maximum atomic E-state index is 9.80. The van der Waals surface area contributed by atoms with Crippen LogP contribution in [0.2, 0.25) is 0 Å². The van der Waals surface area contributed by atoms with E-state index in [9.17, 15) is 5.11 Å². The molecule has 0 aliphatic rings. The van der Waals surface area contributed by atoms with Crippen LogP contribution in [0.25, 0.3) is 0 Å². The molecule has 0 bridgehead atoms. The van der Waals surface area contributed by atoms with Crippen LogP contribution in [0, 0.1) is 5.92 Å². The Kier molecular flexibility index (Phi) is 3.96. The van der Waals surface area contributed by atoms with E-state index >= 15 is 0 Å². The van der Waals surface area contributed by atoms with Crippen molar-refractivity contribution in [1.82, 2.24) is 4.57 Å². The summed E-state index contributed by atoms with van der Waals surface area (Å²) >= 11 is 3.31. The Morgan fingerprint density at radius 1 is 1.64 bits per heavy atom. The van der Waals surface area contributed by atoms with Gasteiger partial charge in [-0.25, -0.2) is 0 Å². The van der Waals surface area contributed by atoms with Crippen molar-refractivity contribution in [2.75, 3.05) is 0 Å². The second-order valence-corrected chi connectivity index (χ2v) is 4.94. The normalized spacial score (nSPS) is 13.2. The Labute approximate surface area is 93.4 Å². The van der Waals surface area contributed by atoms with Crippen LogP contribution >= 0.6 is 15.9 Å². The SMILES string of the molecule is C=C(Br)Cn1ccc(C(O)C(C)C)c1. The van der Waals surface area contributed by atoms with Crippen molar-refractivity contribution < 1.29 is 5.11 Å². The van der Waals surface area contributed by atoms with Gasteiger partial charge in [0.05, 0.1) is 12.6 Å². The van der Waals surface area contributed by atoms with Gasteiger partial charge >= 0.3 is 0 Å². The molecule has 1 rings (SSSR count). The van der Waals surface area contributed by atoms with Crippen LogP contribution in [0.15, 0.2) is 29.5 Å². The summed E-state index contributed by atoms with van der Waals surface area (Å²) in [6.45, 7) is 8.52. The van der Waals surface area contributed by atoms with Gasteiger partial charge in [-0.05, 0) is 17.5 Å². The first kappa shape index (κ1) is 11.5. The zero-order valence-electron chi connectivity index (χ0n) is 8.57. The Balaban J connectivity index is 2.72. The minimum Gasteiger partial charge on any atom is -0.388 e. The van der Waals surface area contributed by atoms with Crippen LogP contribution in [-0.4, -0.2) is 9.67 Å². The maximum absolute atomic E-state index is 9.80. The molecular weight excluding hydrogens is 242 g/mol. The van der Waals surface area contributed by atoms with E-state index in [-0.39, 0.29) is 12.0 Å². The highest BCUT2D eigenvalue weighted by atomic mass is 79.9. The monoisotopic (exact) mass is 257 g/mol. The van der Waals surface area contributed by atoms with Crippen molar-refractivity contribution >= 4 is 15.9 Å². The average Bonchev–Trinajstić information content (AvgIpc) is 2.50. The van der Waals surface area contributed by atoms with Crippen LogP contribution in [0.1, 0.15) is 25.5 Å². The van der Waals surface area contributed by atoms with Gasteiger partial charge in [0.15, 0.2) is 0 Å². The van der Waals surface area contributed by atoms with Crippen LogP contribution in [0.3, 0.4) is 0 Å². The summed E-state index contributed by atoms with van der Waals surface area (Å²) in [5, 5.41) is 9.80. The van der Waals surface area contributed by atoms with Crippen LogP contribution in [0.5, 0.6) is 0 Å². The average molecular weight is 258 g/mol. The third-order valence-corrected chi connectivity index (χ3v) is 2.35. The Morgan fingerprint density at radius 3 is 2.79 bits per heavy atom. The summed E-state index contributed by atoms with van der Waals surface area (Å²) in [5.41, 5.74) is 0.966. The highest BCUT2D eigenvalue weighted by molar-refractivity contribution is 9.11. The predicted molar refractivity (Wildman–Crippen MR) is 62.3 cm³/mol. The van der Waals surface area contributed by atoms with Gasteiger partial charge in [-0.15, -0.1) is 0 Å². The van der Waals surface area contributed by atoms with E-state index in [0.29, 0.717) is 0 Å². The summed E-state index contributed by atoms with van der Waals surface area (Å²) in [6, 6.07) is 1.95. The van der Waals surface area contributed by atoms with Crippen LogP contribution < -0.4 is 0 Å². The molecule has 0 aliphatic heterocycles. The number of nitrogens with zero attached hydrogens (tertiary/aromatic N) is 1. The molecular formula is C11H16BrNO. The van der Waals surface area contributed by atoms with Gasteiger partial charge in [0, 0.05) is 16.9 Å². The van der Waals surface area contributed by atoms with Crippen LogP contribution in [0.4, 0.5) is 0 Å². The van der Waals surface area contributed by atoms with E-state index < -0.39 is 0 Å². The minimum atomic E-state index is -0.375. The second-order valence-electron chi connectivity index (χ2n) is 3.82. The zero-order chi connectivity index (χ0) is 10.7. The van der Waals surface area contributed by atoms with E-state index in [4.69, 9.17) is 0 Å². The molecule has 1 atom stereocenters. The van der Waals surface area contributed by atoms with E-state index in [1.165, 1.54) is 0 Å². The molecule has 0 amide bonds. The van der Waals surface area contributed by atoms with Crippen molar-refractivity contribution in [3.63, 3.8) is 0 Å². The van der Waals surface area contributed by atoms with E-state index in [1.54, 1.807) is 0 Å². The summed E-state index contributed by atoms with van der Waals surface area (Å²) in [6.07, 6.45) is 3.53. The lowest BCUT2D eigenvalue weighted by molar-refractivity contribution is 0.127. The molecule has 14 heavy (non-hydrogen) atoms. The molecule has 78 valence electrons. The van der Waals surface area contributed by atoms with Gasteiger partial charge in [0.25, 0.3) is 0 Å². The number of hydrogen-bond acceptors (Lipinski definition) is 1. The minimum absolute atomic E-state index is 0.248. The third kappa shape index (κ3) is 3.00. The molecule has 0 radical (unpaired) electrons. The number of aromatic nitrogens is 1. The van der Waals surface area contributed by atoms with Gasteiger partial charge in [-0.1, -0.05) is 36.4 Å². The first-order valence-electron chi connectivity index (χ1n) is 4.67. The zero-order valence-corrected chi connectivity index (χ0v) is 10.2. The van der Waals surface area contributed by atoms with Crippen molar-refractivity contribution in [2.45, 2.75) is 26.5 Å². The van der Waals surface area contributed by atoms with Crippen molar-refractivity contribution in [3.05, 3.63) is 35.1 Å². The molecule has 1 aromatic rings. The summed E-state index contributed by atoms with van der Waals surface area (Å²) in [4.78, 5) is 0. The van der Waals surface area contributed by atoms with Crippen LogP contribution in [-0.2, 0) is 6.54 Å². The molecule has 0 aromatic carbocycles. The fourth-order valence-electron chi connectivity index (χ4n) is 1.32. The molecule has 3 heteroatoms. The first-order valence-corrected chi connectivity index (χ1v) is 5.47. The lowest BCUT2D eigenvalue weighted by Crippen LogP contribution is -2.04. The molecule has 2 nitrogen and oxygen atoms in total. The highest BCUT2D eigenvalue weighted by Gasteiger charge is 2.12. The number of rotatable bonds is 4. The quantitative estimate of drug-likeness (QED) is 0.882. The summed E-state index contributed by atoms with van der Waals surface area (Å²) in [7, 11) is 0. The maximum Gasteiger partial charge on any atom is 0.0827 e. The molecule has 0 saturated heterocycles.